The molecule has 0 fully saturated rings. The van der Waals surface area contributed by atoms with Crippen LogP contribution in [-0.2, 0) is 16.8 Å². The average molecular weight is 313 g/mol. The zero-order valence-electron chi connectivity index (χ0n) is 12.0. The Morgan fingerprint density at radius 3 is 2.55 bits per heavy atom. The van der Waals surface area contributed by atoms with Crippen molar-refractivity contribution in [2.75, 3.05) is 0 Å². The number of aryl methyl sites for hydroxylation is 1. The van der Waals surface area contributed by atoms with Crippen LogP contribution in [0.1, 0.15) is 11.3 Å². The van der Waals surface area contributed by atoms with Crippen LogP contribution in [0.3, 0.4) is 0 Å². The standard InChI is InChI=1S/C16H15N3O2S/c1-12-2-4-13(5-3-12)16-9-17-11-19(16)15-7-6-14(18-8-15)10-22(20)21/h2-9,11H,10H2,1H3,(H,20,21). The van der Waals surface area contributed by atoms with Crippen LogP contribution in [0.5, 0.6) is 0 Å². The molecule has 0 aliphatic heterocycles. The second kappa shape index (κ2) is 6.21. The molecule has 1 N–H and O–H groups in total. The predicted octanol–water partition coefficient (Wildman–Crippen LogP) is 2.96. The lowest BCUT2D eigenvalue weighted by molar-refractivity contribution is 0.563. The lowest BCUT2D eigenvalue weighted by Crippen LogP contribution is -2.00. The van der Waals surface area contributed by atoms with Crippen molar-refractivity contribution in [2.24, 2.45) is 0 Å². The first-order valence-corrected chi connectivity index (χ1v) is 8.03. The number of imidazole rings is 1. The van der Waals surface area contributed by atoms with Gasteiger partial charge in [-0.1, -0.05) is 29.8 Å². The fourth-order valence-corrected chi connectivity index (χ4v) is 2.63. The maximum absolute atomic E-state index is 10.8. The van der Waals surface area contributed by atoms with E-state index in [9.17, 15) is 4.21 Å². The normalized spacial score (nSPS) is 12.3. The number of aromatic nitrogens is 3. The third kappa shape index (κ3) is 3.13. The summed E-state index contributed by atoms with van der Waals surface area (Å²) in [4.78, 5) is 8.44. The van der Waals surface area contributed by atoms with Crippen molar-refractivity contribution in [3.63, 3.8) is 0 Å². The van der Waals surface area contributed by atoms with Gasteiger partial charge < -0.3 is 4.55 Å². The molecule has 2 aromatic heterocycles. The highest BCUT2D eigenvalue weighted by molar-refractivity contribution is 7.78. The highest BCUT2D eigenvalue weighted by atomic mass is 32.2. The molecule has 0 radical (unpaired) electrons. The lowest BCUT2D eigenvalue weighted by Gasteiger charge is -2.09. The summed E-state index contributed by atoms with van der Waals surface area (Å²) in [5, 5.41) is 0. The molecule has 0 aliphatic carbocycles. The minimum atomic E-state index is -1.88. The van der Waals surface area contributed by atoms with E-state index in [0.717, 1.165) is 16.9 Å². The first kappa shape index (κ1) is 14.6. The van der Waals surface area contributed by atoms with Crippen molar-refractivity contribution in [3.05, 3.63) is 66.4 Å². The Kier molecular flexibility index (Phi) is 4.13. The van der Waals surface area contributed by atoms with E-state index >= 15 is 0 Å². The molecule has 112 valence electrons. The molecule has 1 atom stereocenters. The predicted molar refractivity (Wildman–Crippen MR) is 86.0 cm³/mol. The van der Waals surface area contributed by atoms with Gasteiger partial charge in [0.15, 0.2) is 11.1 Å². The molecule has 22 heavy (non-hydrogen) atoms. The summed E-state index contributed by atoms with van der Waals surface area (Å²) >= 11 is -1.88. The van der Waals surface area contributed by atoms with Gasteiger partial charge in [0.05, 0.1) is 41.5 Å². The minimum absolute atomic E-state index is 0.0367. The van der Waals surface area contributed by atoms with E-state index in [1.54, 1.807) is 24.8 Å². The third-order valence-corrected chi connectivity index (χ3v) is 3.89. The first-order chi connectivity index (χ1) is 10.6. The molecule has 1 aromatic carbocycles. The highest BCUT2D eigenvalue weighted by Gasteiger charge is 2.08. The van der Waals surface area contributed by atoms with Crippen LogP contribution in [0, 0.1) is 6.92 Å². The third-order valence-electron chi connectivity index (χ3n) is 3.34. The van der Waals surface area contributed by atoms with Crippen LogP contribution in [0.2, 0.25) is 0 Å². The van der Waals surface area contributed by atoms with Crippen LogP contribution < -0.4 is 0 Å². The fraction of sp³-hybridized carbons (Fsp3) is 0.125. The van der Waals surface area contributed by atoms with Gasteiger partial charge in [0.1, 0.15) is 0 Å². The van der Waals surface area contributed by atoms with E-state index in [4.69, 9.17) is 4.55 Å². The number of hydrogen-bond donors (Lipinski definition) is 1. The molecule has 2 heterocycles. The molecular formula is C16H15N3O2S. The van der Waals surface area contributed by atoms with Gasteiger partial charge in [-0.2, -0.15) is 0 Å². The summed E-state index contributed by atoms with van der Waals surface area (Å²) in [6.45, 7) is 2.05. The number of pyridine rings is 1. The van der Waals surface area contributed by atoms with Crippen molar-refractivity contribution in [1.29, 1.82) is 0 Å². The Labute approximate surface area is 131 Å². The van der Waals surface area contributed by atoms with Gasteiger partial charge in [0, 0.05) is 5.56 Å². The monoisotopic (exact) mass is 313 g/mol. The number of rotatable bonds is 4. The summed E-state index contributed by atoms with van der Waals surface area (Å²) in [5.74, 6) is 0.0367. The van der Waals surface area contributed by atoms with E-state index in [1.807, 2.05) is 10.6 Å². The number of nitrogens with zero attached hydrogens (tertiary/aromatic N) is 3. The van der Waals surface area contributed by atoms with E-state index < -0.39 is 11.1 Å². The second-order valence-corrected chi connectivity index (χ2v) is 5.92. The van der Waals surface area contributed by atoms with Crippen LogP contribution in [0.4, 0.5) is 0 Å². The molecule has 3 aromatic rings. The van der Waals surface area contributed by atoms with Crippen molar-refractivity contribution in [3.8, 4) is 16.9 Å². The maximum atomic E-state index is 10.8. The lowest BCUT2D eigenvalue weighted by atomic mass is 10.1. The van der Waals surface area contributed by atoms with E-state index in [1.165, 1.54) is 5.56 Å². The zero-order chi connectivity index (χ0) is 15.5. The SMILES string of the molecule is Cc1ccc(-c2cncn2-c2ccc(CS(=O)O)nc2)cc1. The van der Waals surface area contributed by atoms with E-state index in [-0.39, 0.29) is 5.75 Å². The Hall–Kier alpha value is -2.31. The second-order valence-electron chi connectivity index (χ2n) is 4.99. The molecular weight excluding hydrogens is 298 g/mol. The van der Waals surface area contributed by atoms with Crippen molar-refractivity contribution in [2.45, 2.75) is 12.7 Å². The summed E-state index contributed by atoms with van der Waals surface area (Å²) in [6.07, 6.45) is 5.22. The maximum Gasteiger partial charge on any atom is 0.158 e. The van der Waals surface area contributed by atoms with Crippen LogP contribution in [0.25, 0.3) is 16.9 Å². The molecule has 5 nitrogen and oxygen atoms in total. The van der Waals surface area contributed by atoms with Crippen LogP contribution in [0.15, 0.2) is 55.1 Å². The number of hydrogen-bond acceptors (Lipinski definition) is 3. The molecule has 0 bridgehead atoms. The van der Waals surface area contributed by atoms with Crippen molar-refractivity contribution >= 4 is 11.1 Å². The molecule has 0 aliphatic rings. The van der Waals surface area contributed by atoms with Crippen LogP contribution in [-0.4, -0.2) is 23.3 Å². The molecule has 0 spiro atoms. The minimum Gasteiger partial charge on any atom is -0.306 e. The smallest absolute Gasteiger partial charge is 0.158 e. The van der Waals surface area contributed by atoms with Crippen molar-refractivity contribution < 1.29 is 8.76 Å². The first-order valence-electron chi connectivity index (χ1n) is 6.75. The Morgan fingerprint density at radius 2 is 1.91 bits per heavy atom. The quantitative estimate of drug-likeness (QED) is 0.752. The molecule has 1 unspecified atom stereocenters. The Morgan fingerprint density at radius 1 is 1.14 bits per heavy atom. The van der Waals surface area contributed by atoms with Gasteiger partial charge >= 0.3 is 0 Å². The summed E-state index contributed by atoms with van der Waals surface area (Å²) < 4.78 is 21.6. The van der Waals surface area contributed by atoms with Gasteiger partial charge in [-0.25, -0.2) is 9.19 Å². The topological polar surface area (TPSA) is 68.0 Å². The van der Waals surface area contributed by atoms with E-state index in [2.05, 4.69) is 41.2 Å². The van der Waals surface area contributed by atoms with Gasteiger partial charge in [-0.05, 0) is 19.1 Å². The summed E-state index contributed by atoms with van der Waals surface area (Å²) in [6, 6.07) is 11.9. The molecule has 0 amide bonds. The number of benzene rings is 1. The molecule has 6 heteroatoms. The van der Waals surface area contributed by atoms with Crippen molar-refractivity contribution in [1.82, 2.24) is 14.5 Å². The Balaban J connectivity index is 1.94. The summed E-state index contributed by atoms with van der Waals surface area (Å²) in [7, 11) is 0. The molecule has 3 rings (SSSR count). The molecule has 0 saturated heterocycles. The van der Waals surface area contributed by atoms with E-state index in [0.29, 0.717) is 5.69 Å². The fourth-order valence-electron chi connectivity index (χ4n) is 2.21. The van der Waals surface area contributed by atoms with Gasteiger partial charge in [0.25, 0.3) is 0 Å². The van der Waals surface area contributed by atoms with Crippen LogP contribution >= 0.6 is 0 Å². The Bertz CT molecular complexity index is 795. The summed E-state index contributed by atoms with van der Waals surface area (Å²) in [5.41, 5.74) is 4.70. The van der Waals surface area contributed by atoms with Gasteiger partial charge in [-0.3, -0.25) is 9.55 Å². The van der Waals surface area contributed by atoms with Gasteiger partial charge in [-0.15, -0.1) is 0 Å². The van der Waals surface area contributed by atoms with Gasteiger partial charge in [0.2, 0.25) is 0 Å². The largest absolute Gasteiger partial charge is 0.306 e. The average Bonchev–Trinajstić information content (AvgIpc) is 2.97. The zero-order valence-corrected chi connectivity index (χ0v) is 12.8. The highest BCUT2D eigenvalue weighted by Crippen LogP contribution is 2.22. The molecule has 0 saturated carbocycles.